The number of hydrogen-bond acceptors (Lipinski definition) is 2. The Morgan fingerprint density at radius 3 is 2.13 bits per heavy atom. The van der Waals surface area contributed by atoms with Crippen molar-refractivity contribution in [2.75, 3.05) is 6.61 Å². The van der Waals surface area contributed by atoms with Crippen molar-refractivity contribution in [1.82, 2.24) is 0 Å². The summed E-state index contributed by atoms with van der Waals surface area (Å²) in [5.41, 5.74) is 2.32. The summed E-state index contributed by atoms with van der Waals surface area (Å²) in [6.07, 6.45) is 8.73. The maximum atomic E-state index is 9.64. The molecular weight excluding hydrogens is 284 g/mol. The van der Waals surface area contributed by atoms with Crippen LogP contribution in [-0.4, -0.2) is 11.7 Å². The molecule has 0 fully saturated rings. The predicted molar refractivity (Wildman–Crippen MR) is 95.6 cm³/mol. The van der Waals surface area contributed by atoms with E-state index >= 15 is 0 Å². The summed E-state index contributed by atoms with van der Waals surface area (Å²) < 4.78 is 5.63. The molecule has 1 N–H and O–H groups in total. The molecule has 0 aliphatic carbocycles. The van der Waals surface area contributed by atoms with E-state index in [1.165, 1.54) is 44.1 Å². The zero-order valence-electron chi connectivity index (χ0n) is 13.9. The van der Waals surface area contributed by atoms with E-state index in [9.17, 15) is 5.11 Å². The lowest BCUT2D eigenvalue weighted by atomic mass is 10.1. The molecule has 0 radical (unpaired) electrons. The van der Waals surface area contributed by atoms with E-state index in [0.29, 0.717) is 12.4 Å². The second-order valence-corrected chi connectivity index (χ2v) is 6.04. The zero-order valence-corrected chi connectivity index (χ0v) is 13.9. The van der Waals surface area contributed by atoms with Crippen LogP contribution in [0.4, 0.5) is 0 Å². The highest BCUT2D eigenvalue weighted by atomic mass is 16.5. The van der Waals surface area contributed by atoms with Crippen LogP contribution in [0.15, 0.2) is 54.6 Å². The molecule has 124 valence electrons. The smallest absolute Gasteiger partial charge is 0.121 e. The molecule has 0 aliphatic heterocycles. The molecule has 0 atom stereocenters. The molecule has 0 aromatic heterocycles. The van der Waals surface area contributed by atoms with E-state index in [1.54, 1.807) is 6.07 Å². The van der Waals surface area contributed by atoms with Gasteiger partial charge in [0.15, 0.2) is 0 Å². The number of aryl methyl sites for hydroxylation is 1. The van der Waals surface area contributed by atoms with E-state index in [0.717, 1.165) is 18.6 Å². The Bertz CT molecular complexity index is 537. The normalized spacial score (nSPS) is 10.8. The Balaban J connectivity index is 1.40. The first-order chi connectivity index (χ1) is 11.4. The second-order valence-electron chi connectivity index (χ2n) is 6.04. The maximum absolute atomic E-state index is 9.64. The lowest BCUT2D eigenvalue weighted by Gasteiger charge is -2.06. The highest BCUT2D eigenvalue weighted by Gasteiger charge is 1.99. The van der Waals surface area contributed by atoms with Gasteiger partial charge in [0, 0.05) is 12.2 Å². The topological polar surface area (TPSA) is 29.5 Å². The van der Waals surface area contributed by atoms with E-state index in [-0.39, 0.29) is 0 Å². The number of phenols is 1. The molecule has 0 aliphatic rings. The molecule has 2 nitrogen and oxygen atoms in total. The third kappa shape index (κ3) is 7.34. The summed E-state index contributed by atoms with van der Waals surface area (Å²) in [7, 11) is 0. The summed E-state index contributed by atoms with van der Waals surface area (Å²) in [5.74, 6) is 0.325. The third-order valence-electron chi connectivity index (χ3n) is 4.10. The fourth-order valence-electron chi connectivity index (χ4n) is 2.70. The summed E-state index contributed by atoms with van der Waals surface area (Å²) in [5, 5.41) is 9.64. The van der Waals surface area contributed by atoms with Crippen LogP contribution in [0.3, 0.4) is 0 Å². The lowest BCUT2D eigenvalue weighted by molar-refractivity contribution is 0.115. The highest BCUT2D eigenvalue weighted by Crippen LogP contribution is 2.16. The van der Waals surface area contributed by atoms with Crippen molar-refractivity contribution in [3.63, 3.8) is 0 Å². The molecule has 0 saturated carbocycles. The first-order valence-corrected chi connectivity index (χ1v) is 8.75. The number of benzene rings is 2. The Labute approximate surface area is 140 Å². The van der Waals surface area contributed by atoms with E-state index in [2.05, 4.69) is 30.3 Å². The van der Waals surface area contributed by atoms with Crippen LogP contribution >= 0.6 is 0 Å². The number of ether oxygens (including phenoxy) is 1. The SMILES string of the molecule is Oc1ccccc1COCCCCCCCCc1ccccc1. The zero-order chi connectivity index (χ0) is 16.2. The van der Waals surface area contributed by atoms with Crippen LogP contribution in [0.2, 0.25) is 0 Å². The van der Waals surface area contributed by atoms with Crippen molar-refractivity contribution in [2.45, 2.75) is 51.6 Å². The van der Waals surface area contributed by atoms with Crippen LogP contribution in [-0.2, 0) is 17.8 Å². The molecule has 23 heavy (non-hydrogen) atoms. The molecule has 0 amide bonds. The summed E-state index contributed by atoms with van der Waals surface area (Å²) in [6.45, 7) is 1.28. The van der Waals surface area contributed by atoms with Crippen molar-refractivity contribution in [1.29, 1.82) is 0 Å². The second kappa shape index (κ2) is 10.8. The van der Waals surface area contributed by atoms with E-state index < -0.39 is 0 Å². The number of rotatable bonds is 11. The van der Waals surface area contributed by atoms with Gasteiger partial charge in [0.1, 0.15) is 5.75 Å². The predicted octanol–water partition coefficient (Wildman–Crippen LogP) is 5.49. The Morgan fingerprint density at radius 1 is 0.696 bits per heavy atom. The Hall–Kier alpha value is -1.80. The summed E-state index contributed by atoms with van der Waals surface area (Å²) in [6, 6.07) is 18.1. The fourth-order valence-corrected chi connectivity index (χ4v) is 2.70. The molecular formula is C21H28O2. The van der Waals surface area contributed by atoms with Gasteiger partial charge in [-0.2, -0.15) is 0 Å². The number of para-hydroxylation sites is 1. The van der Waals surface area contributed by atoms with Gasteiger partial charge in [0.2, 0.25) is 0 Å². The minimum atomic E-state index is 0.325. The van der Waals surface area contributed by atoms with Crippen molar-refractivity contribution in [3.05, 3.63) is 65.7 Å². The van der Waals surface area contributed by atoms with Gasteiger partial charge in [-0.25, -0.2) is 0 Å². The first kappa shape index (κ1) is 17.6. The fraction of sp³-hybridized carbons (Fsp3) is 0.429. The summed E-state index contributed by atoms with van der Waals surface area (Å²) in [4.78, 5) is 0. The van der Waals surface area contributed by atoms with Crippen LogP contribution < -0.4 is 0 Å². The Morgan fingerprint density at radius 2 is 1.35 bits per heavy atom. The van der Waals surface area contributed by atoms with Gasteiger partial charge in [0.05, 0.1) is 6.61 Å². The van der Waals surface area contributed by atoms with Crippen molar-refractivity contribution >= 4 is 0 Å². The molecule has 0 unspecified atom stereocenters. The molecule has 2 aromatic rings. The average molecular weight is 312 g/mol. The van der Waals surface area contributed by atoms with Gasteiger partial charge in [-0.15, -0.1) is 0 Å². The standard InChI is InChI=1S/C21H28O2/c22-21-16-10-9-15-20(21)18-23-17-11-4-2-1-3-6-12-19-13-7-5-8-14-19/h5,7-10,13-16,22H,1-4,6,11-12,17-18H2. The summed E-state index contributed by atoms with van der Waals surface area (Å²) >= 11 is 0. The van der Waals surface area contributed by atoms with Gasteiger partial charge >= 0.3 is 0 Å². The largest absolute Gasteiger partial charge is 0.508 e. The maximum Gasteiger partial charge on any atom is 0.121 e. The third-order valence-corrected chi connectivity index (χ3v) is 4.10. The van der Waals surface area contributed by atoms with Crippen molar-refractivity contribution < 1.29 is 9.84 Å². The van der Waals surface area contributed by atoms with E-state index in [4.69, 9.17) is 4.74 Å². The van der Waals surface area contributed by atoms with Crippen LogP contribution in [0.25, 0.3) is 0 Å². The highest BCUT2D eigenvalue weighted by molar-refractivity contribution is 5.30. The molecule has 2 aromatic carbocycles. The number of aromatic hydroxyl groups is 1. The molecule has 0 spiro atoms. The van der Waals surface area contributed by atoms with E-state index in [1.807, 2.05) is 18.2 Å². The van der Waals surface area contributed by atoms with Gasteiger partial charge in [-0.1, -0.05) is 74.2 Å². The van der Waals surface area contributed by atoms with Gasteiger partial charge in [0.25, 0.3) is 0 Å². The van der Waals surface area contributed by atoms with Crippen molar-refractivity contribution in [3.8, 4) is 5.75 Å². The number of hydrogen-bond donors (Lipinski definition) is 1. The molecule has 0 saturated heterocycles. The molecule has 0 bridgehead atoms. The van der Waals surface area contributed by atoms with Crippen LogP contribution in [0.1, 0.15) is 49.7 Å². The van der Waals surface area contributed by atoms with Gasteiger partial charge in [-0.05, 0) is 30.9 Å². The number of phenolic OH excluding ortho intramolecular Hbond substituents is 1. The van der Waals surface area contributed by atoms with Crippen LogP contribution in [0.5, 0.6) is 5.75 Å². The van der Waals surface area contributed by atoms with Gasteiger partial charge < -0.3 is 9.84 Å². The first-order valence-electron chi connectivity index (χ1n) is 8.75. The van der Waals surface area contributed by atoms with Crippen LogP contribution in [0, 0.1) is 0 Å². The molecule has 2 heteroatoms. The Kier molecular flexibility index (Phi) is 8.28. The average Bonchev–Trinajstić information content (AvgIpc) is 2.59. The quantitative estimate of drug-likeness (QED) is 0.556. The molecule has 2 rings (SSSR count). The minimum Gasteiger partial charge on any atom is -0.508 e. The van der Waals surface area contributed by atoms with Gasteiger partial charge in [-0.3, -0.25) is 0 Å². The minimum absolute atomic E-state index is 0.325. The lowest BCUT2D eigenvalue weighted by Crippen LogP contribution is -1.96. The number of unbranched alkanes of at least 4 members (excludes halogenated alkanes) is 5. The molecule has 0 heterocycles. The monoisotopic (exact) mass is 312 g/mol. The van der Waals surface area contributed by atoms with Crippen molar-refractivity contribution in [2.24, 2.45) is 0 Å².